The third-order valence-corrected chi connectivity index (χ3v) is 6.65. The monoisotopic (exact) mass is 529 g/mol. The lowest BCUT2D eigenvalue weighted by Gasteiger charge is -2.30. The number of alkyl halides is 1. The lowest BCUT2D eigenvalue weighted by atomic mass is 10.1. The summed E-state index contributed by atoms with van der Waals surface area (Å²) in [5.74, 6) is -0.704. The van der Waals surface area contributed by atoms with Gasteiger partial charge in [0.15, 0.2) is 18.1 Å². The van der Waals surface area contributed by atoms with Crippen LogP contribution in [0.4, 0.5) is 10.2 Å². The summed E-state index contributed by atoms with van der Waals surface area (Å²) in [7, 11) is -4.39. The molecule has 3 rings (SSSR count). The van der Waals surface area contributed by atoms with Gasteiger partial charge in [0.2, 0.25) is 0 Å². The van der Waals surface area contributed by atoms with E-state index in [4.69, 9.17) is 30.0 Å². The van der Waals surface area contributed by atoms with Gasteiger partial charge >= 0.3 is 19.4 Å². The maximum Gasteiger partial charge on any atom is 0.459 e. The number of carbonyl (C=O) groups is 1. The molecule has 1 aromatic heterocycles. The van der Waals surface area contributed by atoms with Crippen molar-refractivity contribution in [3.05, 3.63) is 53.1 Å². The van der Waals surface area contributed by atoms with Gasteiger partial charge in [-0.15, -0.1) is 0 Å². The number of nitrogens with zero attached hydrogens (tertiary/aromatic N) is 2. The molecule has 13 nitrogen and oxygen atoms in total. The van der Waals surface area contributed by atoms with E-state index in [0.29, 0.717) is 0 Å². The summed E-state index contributed by atoms with van der Waals surface area (Å²) in [5, 5.41) is 12.9. The van der Waals surface area contributed by atoms with Gasteiger partial charge in [-0.1, -0.05) is 18.2 Å². The van der Waals surface area contributed by atoms with Crippen LogP contribution in [0.25, 0.3) is 0 Å². The van der Waals surface area contributed by atoms with Gasteiger partial charge in [0.05, 0.1) is 6.10 Å². The standard InChI is InChI=1S/C21H29FN5O8P/c1-12(2)33-19(29)13(3)26-36(31,35-14-7-5-4-6-8-14)32-11-21(24)17(28)16(22)18(34-21)27-10-9-15(23)25-20(27)30/h4-10,12-13,16-18,28H,11,24H2,1-3H3,(H,26,31)(H2,23,25,30)/t13?,16-,17+,18-,21-,36?/m1/s1. The van der Waals surface area contributed by atoms with Crippen LogP contribution in [0.2, 0.25) is 0 Å². The van der Waals surface area contributed by atoms with Crippen LogP contribution in [0, 0.1) is 0 Å². The van der Waals surface area contributed by atoms with Crippen molar-refractivity contribution in [2.24, 2.45) is 5.73 Å². The summed E-state index contributed by atoms with van der Waals surface area (Å²) in [4.78, 5) is 27.9. The Morgan fingerprint density at radius 3 is 2.61 bits per heavy atom. The largest absolute Gasteiger partial charge is 0.462 e. The summed E-state index contributed by atoms with van der Waals surface area (Å²) in [5.41, 5.74) is 8.32. The zero-order valence-corrected chi connectivity index (χ0v) is 20.7. The van der Waals surface area contributed by atoms with Crippen LogP contribution < -0.4 is 26.8 Å². The third kappa shape index (κ3) is 6.46. The van der Waals surface area contributed by atoms with Crippen LogP contribution in [-0.4, -0.2) is 57.4 Å². The molecule has 198 valence electrons. The second-order valence-electron chi connectivity index (χ2n) is 8.41. The first kappa shape index (κ1) is 27.7. The van der Waals surface area contributed by atoms with E-state index in [0.717, 1.165) is 10.8 Å². The number of aliphatic hydroxyl groups excluding tert-OH is 1. The van der Waals surface area contributed by atoms with Gasteiger partial charge in [0, 0.05) is 6.20 Å². The van der Waals surface area contributed by atoms with E-state index in [1.54, 1.807) is 32.0 Å². The van der Waals surface area contributed by atoms with E-state index in [1.165, 1.54) is 25.1 Å². The maximum atomic E-state index is 14.9. The van der Waals surface area contributed by atoms with Crippen molar-refractivity contribution in [1.82, 2.24) is 14.6 Å². The first-order chi connectivity index (χ1) is 16.8. The second-order valence-corrected chi connectivity index (χ2v) is 10.1. The highest BCUT2D eigenvalue weighted by atomic mass is 31.2. The number of halogens is 1. The smallest absolute Gasteiger partial charge is 0.459 e. The number of aromatic nitrogens is 2. The first-order valence-electron chi connectivity index (χ1n) is 10.9. The summed E-state index contributed by atoms with van der Waals surface area (Å²) >= 11 is 0. The van der Waals surface area contributed by atoms with Crippen LogP contribution in [0.3, 0.4) is 0 Å². The molecule has 2 heterocycles. The highest BCUT2D eigenvalue weighted by Gasteiger charge is 2.55. The maximum absolute atomic E-state index is 14.9. The van der Waals surface area contributed by atoms with Crippen molar-refractivity contribution < 1.29 is 37.4 Å². The Balaban J connectivity index is 1.81. The Kier molecular flexibility index (Phi) is 8.49. The van der Waals surface area contributed by atoms with Gasteiger partial charge in [0.25, 0.3) is 0 Å². The molecule has 1 fully saturated rings. The summed E-state index contributed by atoms with van der Waals surface area (Å²) in [6.07, 6.45) is -5.15. The van der Waals surface area contributed by atoms with E-state index < -0.39 is 62.4 Å². The van der Waals surface area contributed by atoms with Crippen molar-refractivity contribution in [2.45, 2.75) is 57.1 Å². The fourth-order valence-electron chi connectivity index (χ4n) is 3.25. The molecule has 6 N–H and O–H groups in total. The molecule has 1 saturated heterocycles. The average molecular weight is 529 g/mol. The SMILES string of the molecule is CC(C)OC(=O)C(C)NP(=O)(OC[C@@]1(N)O[C@@H](n2ccc(N)nc2=O)[C@H](F)[C@@H]1O)Oc1ccccc1. The van der Waals surface area contributed by atoms with Crippen LogP contribution in [0.5, 0.6) is 5.75 Å². The summed E-state index contributed by atoms with van der Waals surface area (Å²) in [6.45, 7) is 3.81. The Morgan fingerprint density at radius 1 is 1.33 bits per heavy atom. The number of para-hydroxylation sites is 1. The molecule has 0 bridgehead atoms. The highest BCUT2D eigenvalue weighted by molar-refractivity contribution is 7.52. The molecule has 0 radical (unpaired) electrons. The number of esters is 1. The lowest BCUT2D eigenvalue weighted by Crippen LogP contribution is -2.54. The minimum Gasteiger partial charge on any atom is -0.462 e. The number of rotatable bonds is 10. The van der Waals surface area contributed by atoms with E-state index in [2.05, 4.69) is 10.1 Å². The molecule has 2 aromatic rings. The molecule has 6 atom stereocenters. The van der Waals surface area contributed by atoms with E-state index in [1.807, 2.05) is 0 Å². The van der Waals surface area contributed by atoms with E-state index >= 15 is 0 Å². The molecule has 0 aliphatic carbocycles. The quantitative estimate of drug-likeness (QED) is 0.251. The van der Waals surface area contributed by atoms with Gasteiger partial charge in [-0.2, -0.15) is 10.1 Å². The van der Waals surface area contributed by atoms with Gasteiger partial charge in [-0.05, 0) is 39.0 Å². The average Bonchev–Trinajstić information content (AvgIpc) is 3.02. The zero-order chi connectivity index (χ0) is 26.7. The van der Waals surface area contributed by atoms with E-state index in [9.17, 15) is 23.7 Å². The minimum absolute atomic E-state index is 0.0947. The normalized spacial score (nSPS) is 26.4. The lowest BCUT2D eigenvalue weighted by molar-refractivity contribution is -0.149. The zero-order valence-electron chi connectivity index (χ0n) is 19.8. The fourth-order valence-corrected chi connectivity index (χ4v) is 4.79. The number of nitrogens with two attached hydrogens (primary N) is 2. The van der Waals surface area contributed by atoms with Gasteiger partial charge in [-0.25, -0.2) is 13.8 Å². The van der Waals surface area contributed by atoms with Crippen molar-refractivity contribution in [2.75, 3.05) is 12.3 Å². The number of hydrogen-bond acceptors (Lipinski definition) is 11. The second kappa shape index (κ2) is 11.0. The summed E-state index contributed by atoms with van der Waals surface area (Å²) in [6, 6.07) is 7.99. The molecule has 0 amide bonds. The number of nitrogen functional groups attached to an aromatic ring is 1. The van der Waals surface area contributed by atoms with Gasteiger partial charge in [0.1, 0.15) is 30.3 Å². The van der Waals surface area contributed by atoms with Crippen LogP contribution in [-0.2, 0) is 23.4 Å². The van der Waals surface area contributed by atoms with Crippen molar-refractivity contribution in [1.29, 1.82) is 0 Å². The Morgan fingerprint density at radius 2 is 2.00 bits per heavy atom. The molecular formula is C21H29FN5O8P. The number of nitrogens with one attached hydrogen (secondary N) is 1. The molecular weight excluding hydrogens is 500 g/mol. The molecule has 0 spiro atoms. The van der Waals surface area contributed by atoms with Gasteiger partial charge < -0.3 is 24.8 Å². The number of aliphatic hydroxyl groups is 1. The Hall–Kier alpha value is -2.87. The predicted molar refractivity (Wildman–Crippen MR) is 125 cm³/mol. The molecule has 1 aliphatic heterocycles. The molecule has 2 unspecified atom stereocenters. The van der Waals surface area contributed by atoms with E-state index in [-0.39, 0.29) is 11.6 Å². The van der Waals surface area contributed by atoms with Crippen molar-refractivity contribution in [3.8, 4) is 5.75 Å². The van der Waals surface area contributed by atoms with Crippen LogP contribution >= 0.6 is 7.75 Å². The van der Waals surface area contributed by atoms with Crippen molar-refractivity contribution in [3.63, 3.8) is 0 Å². The predicted octanol–water partition coefficient (Wildman–Crippen LogP) is 0.842. The first-order valence-corrected chi connectivity index (χ1v) is 12.5. The Labute approximate surface area is 206 Å². The van der Waals surface area contributed by atoms with Crippen molar-refractivity contribution >= 4 is 19.5 Å². The minimum atomic E-state index is -4.39. The number of hydrogen-bond donors (Lipinski definition) is 4. The highest BCUT2D eigenvalue weighted by Crippen LogP contribution is 2.47. The van der Waals surface area contributed by atoms with Crippen LogP contribution in [0.1, 0.15) is 27.0 Å². The molecule has 15 heteroatoms. The topological polar surface area (TPSA) is 190 Å². The third-order valence-electron chi connectivity index (χ3n) is 5.03. The molecule has 1 aliphatic rings. The number of ether oxygens (including phenoxy) is 2. The number of anilines is 1. The fraction of sp³-hybridized carbons (Fsp3) is 0.476. The molecule has 36 heavy (non-hydrogen) atoms. The molecule has 0 saturated carbocycles. The molecule has 1 aromatic carbocycles. The van der Waals surface area contributed by atoms with Crippen LogP contribution in [0.15, 0.2) is 47.4 Å². The van der Waals surface area contributed by atoms with Gasteiger partial charge in [-0.3, -0.25) is 19.6 Å². The Bertz CT molecular complexity index is 1170. The number of carbonyl (C=O) groups excluding carboxylic acids is 1. The number of benzene rings is 1. The summed E-state index contributed by atoms with van der Waals surface area (Å²) < 4.78 is 50.7.